The second-order valence-corrected chi connectivity index (χ2v) is 9.33. The van der Waals surface area contributed by atoms with Gasteiger partial charge in [-0.15, -0.1) is 0 Å². The highest BCUT2D eigenvalue weighted by Crippen LogP contribution is 2.47. The molecule has 2 atom stereocenters. The summed E-state index contributed by atoms with van der Waals surface area (Å²) in [5.41, 5.74) is 4.70. The number of aromatic nitrogens is 2. The fourth-order valence-corrected chi connectivity index (χ4v) is 4.60. The molecule has 2 aromatic rings. The number of aliphatic hydroxyl groups excluding tert-OH is 1. The first-order chi connectivity index (χ1) is 13.5. The van der Waals surface area contributed by atoms with Crippen molar-refractivity contribution < 1.29 is 9.52 Å². The van der Waals surface area contributed by atoms with Crippen molar-refractivity contribution in [3.8, 4) is 0 Å². The normalized spacial score (nSPS) is 23.5. The minimum atomic E-state index is -0.0316. The minimum absolute atomic E-state index is 0.0316. The average molecular weight is 384 g/mol. The second kappa shape index (κ2) is 7.94. The van der Waals surface area contributed by atoms with Crippen LogP contribution in [0.5, 0.6) is 0 Å². The van der Waals surface area contributed by atoms with Crippen LogP contribution >= 0.6 is 0 Å². The lowest BCUT2D eigenvalue weighted by molar-refractivity contribution is 0.208. The zero-order chi connectivity index (χ0) is 19.8. The van der Waals surface area contributed by atoms with Gasteiger partial charge < -0.3 is 9.52 Å². The summed E-state index contributed by atoms with van der Waals surface area (Å²) < 4.78 is 6.08. The lowest BCUT2D eigenvalue weighted by Gasteiger charge is -2.22. The molecule has 1 N–H and O–H groups in total. The maximum absolute atomic E-state index is 9.97. The van der Waals surface area contributed by atoms with Crippen molar-refractivity contribution in [3.63, 3.8) is 0 Å². The summed E-state index contributed by atoms with van der Waals surface area (Å²) in [6, 6.07) is -0.0316. The van der Waals surface area contributed by atoms with Gasteiger partial charge >= 0.3 is 0 Å². The van der Waals surface area contributed by atoms with E-state index in [1.165, 1.54) is 18.4 Å². The Kier molecular flexibility index (Phi) is 5.55. The SMILES string of the molecule is CC(C)C[C@@H]1CCCC(c2cnc3oc(C(C)C)c(C4CC4)c3n2)=N[C@H]1CO. The van der Waals surface area contributed by atoms with Gasteiger partial charge in [-0.3, -0.25) is 4.99 Å². The molecule has 28 heavy (non-hydrogen) atoms. The molecular formula is C23H33N3O2. The Morgan fingerprint density at radius 3 is 2.61 bits per heavy atom. The Morgan fingerprint density at radius 2 is 1.96 bits per heavy atom. The number of furan rings is 1. The van der Waals surface area contributed by atoms with Crippen molar-refractivity contribution in [2.75, 3.05) is 6.61 Å². The van der Waals surface area contributed by atoms with Crippen LogP contribution in [0.3, 0.4) is 0 Å². The van der Waals surface area contributed by atoms with E-state index in [-0.39, 0.29) is 12.6 Å². The van der Waals surface area contributed by atoms with E-state index in [9.17, 15) is 5.11 Å². The Balaban J connectivity index is 1.72. The Bertz CT molecular complexity index is 864. The Morgan fingerprint density at radius 1 is 1.18 bits per heavy atom. The minimum Gasteiger partial charge on any atom is -0.441 e. The molecule has 0 amide bonds. The molecule has 0 bridgehead atoms. The molecule has 0 radical (unpaired) electrons. The summed E-state index contributed by atoms with van der Waals surface area (Å²) in [4.78, 5) is 14.6. The van der Waals surface area contributed by atoms with Crippen LogP contribution in [0.25, 0.3) is 11.2 Å². The third-order valence-corrected chi connectivity index (χ3v) is 6.09. The van der Waals surface area contributed by atoms with Gasteiger partial charge in [0.2, 0.25) is 5.71 Å². The molecule has 1 aliphatic carbocycles. The molecule has 0 unspecified atom stereocenters. The van der Waals surface area contributed by atoms with E-state index in [0.29, 0.717) is 29.4 Å². The summed E-state index contributed by atoms with van der Waals surface area (Å²) in [5, 5.41) is 9.97. The summed E-state index contributed by atoms with van der Waals surface area (Å²) in [6.45, 7) is 8.93. The predicted molar refractivity (Wildman–Crippen MR) is 112 cm³/mol. The van der Waals surface area contributed by atoms with Crippen molar-refractivity contribution in [1.29, 1.82) is 0 Å². The summed E-state index contributed by atoms with van der Waals surface area (Å²) in [6.07, 6.45) is 8.45. The maximum atomic E-state index is 9.97. The average Bonchev–Trinajstić information content (AvgIpc) is 3.45. The summed E-state index contributed by atoms with van der Waals surface area (Å²) >= 11 is 0. The summed E-state index contributed by atoms with van der Waals surface area (Å²) in [7, 11) is 0. The van der Waals surface area contributed by atoms with Crippen LogP contribution in [0.15, 0.2) is 15.6 Å². The smallest absolute Gasteiger partial charge is 0.245 e. The van der Waals surface area contributed by atoms with Crippen LogP contribution in [0.2, 0.25) is 0 Å². The zero-order valence-electron chi connectivity index (χ0n) is 17.6. The van der Waals surface area contributed by atoms with E-state index in [0.717, 1.165) is 48.4 Å². The molecule has 1 saturated carbocycles. The van der Waals surface area contributed by atoms with E-state index >= 15 is 0 Å². The molecule has 1 aliphatic heterocycles. The Labute approximate surface area is 167 Å². The molecule has 2 aliphatic rings. The highest BCUT2D eigenvalue weighted by Gasteiger charge is 2.33. The zero-order valence-corrected chi connectivity index (χ0v) is 17.6. The van der Waals surface area contributed by atoms with E-state index in [1.807, 2.05) is 6.20 Å². The first-order valence-corrected chi connectivity index (χ1v) is 10.9. The van der Waals surface area contributed by atoms with Gasteiger partial charge in [-0.25, -0.2) is 9.97 Å². The molecular weight excluding hydrogens is 350 g/mol. The van der Waals surface area contributed by atoms with E-state index in [4.69, 9.17) is 14.4 Å². The Hall–Kier alpha value is -1.75. The fourth-order valence-electron chi connectivity index (χ4n) is 4.60. The highest BCUT2D eigenvalue weighted by atomic mass is 16.3. The molecule has 0 spiro atoms. The molecule has 5 nitrogen and oxygen atoms in total. The quantitative estimate of drug-likeness (QED) is 0.742. The first kappa shape index (κ1) is 19.6. The van der Waals surface area contributed by atoms with Gasteiger partial charge in [0.15, 0.2) is 0 Å². The van der Waals surface area contributed by atoms with Gasteiger partial charge in [0.05, 0.1) is 24.6 Å². The van der Waals surface area contributed by atoms with Gasteiger partial charge in [-0.2, -0.15) is 0 Å². The van der Waals surface area contributed by atoms with Crippen molar-refractivity contribution in [3.05, 3.63) is 23.2 Å². The molecule has 3 heterocycles. The number of aliphatic imine (C=N–C) groups is 1. The van der Waals surface area contributed by atoms with Crippen LogP contribution in [0, 0.1) is 11.8 Å². The topological polar surface area (TPSA) is 71.5 Å². The number of nitrogens with zero attached hydrogens (tertiary/aromatic N) is 3. The molecule has 2 aromatic heterocycles. The van der Waals surface area contributed by atoms with E-state index < -0.39 is 0 Å². The first-order valence-electron chi connectivity index (χ1n) is 10.9. The fraction of sp³-hybridized carbons (Fsp3) is 0.696. The monoisotopic (exact) mass is 383 g/mol. The predicted octanol–water partition coefficient (Wildman–Crippen LogP) is 5.22. The number of hydrogen-bond donors (Lipinski definition) is 1. The van der Waals surface area contributed by atoms with Crippen LogP contribution < -0.4 is 0 Å². The van der Waals surface area contributed by atoms with Gasteiger partial charge in [0.1, 0.15) is 17.0 Å². The number of rotatable bonds is 6. The number of hydrogen-bond acceptors (Lipinski definition) is 5. The molecule has 152 valence electrons. The summed E-state index contributed by atoms with van der Waals surface area (Å²) in [5.74, 6) is 3.01. The lowest BCUT2D eigenvalue weighted by Crippen LogP contribution is -2.24. The van der Waals surface area contributed by atoms with Crippen LogP contribution in [0.4, 0.5) is 0 Å². The van der Waals surface area contributed by atoms with E-state index in [2.05, 4.69) is 32.7 Å². The largest absolute Gasteiger partial charge is 0.441 e. The molecule has 4 rings (SSSR count). The van der Waals surface area contributed by atoms with Crippen LogP contribution in [-0.2, 0) is 0 Å². The van der Waals surface area contributed by atoms with Gasteiger partial charge in [0, 0.05) is 11.5 Å². The van der Waals surface area contributed by atoms with Gasteiger partial charge in [0.25, 0.3) is 0 Å². The standard InChI is InChI=1S/C23H33N3O2/c1-13(2)10-16-6-5-7-17(25-19(16)12-27)18-11-24-23-21(26-18)20(15-8-9-15)22(28-23)14(3)4/h11,13-16,19,27H,5-10,12H2,1-4H3/t16-,19-/m0/s1. The number of fused-ring (bicyclic) bond motifs is 1. The molecule has 0 saturated heterocycles. The number of aliphatic hydroxyl groups is 1. The third-order valence-electron chi connectivity index (χ3n) is 6.09. The van der Waals surface area contributed by atoms with Crippen molar-refractivity contribution in [2.24, 2.45) is 16.8 Å². The molecule has 1 fully saturated rings. The van der Waals surface area contributed by atoms with Crippen LogP contribution in [-0.4, -0.2) is 33.4 Å². The third kappa shape index (κ3) is 3.86. The highest BCUT2D eigenvalue weighted by molar-refractivity contribution is 6.00. The van der Waals surface area contributed by atoms with Gasteiger partial charge in [-0.1, -0.05) is 27.7 Å². The maximum Gasteiger partial charge on any atom is 0.245 e. The van der Waals surface area contributed by atoms with Crippen molar-refractivity contribution in [2.45, 2.75) is 84.1 Å². The molecule has 5 heteroatoms. The molecule has 0 aromatic carbocycles. The van der Waals surface area contributed by atoms with Crippen molar-refractivity contribution in [1.82, 2.24) is 9.97 Å². The lowest BCUT2D eigenvalue weighted by atomic mass is 9.87. The van der Waals surface area contributed by atoms with E-state index in [1.54, 1.807) is 0 Å². The van der Waals surface area contributed by atoms with Crippen LogP contribution in [0.1, 0.15) is 95.1 Å². The van der Waals surface area contributed by atoms with Gasteiger partial charge in [-0.05, 0) is 56.3 Å². The van der Waals surface area contributed by atoms with Crippen molar-refractivity contribution >= 4 is 16.9 Å². The second-order valence-electron chi connectivity index (χ2n) is 9.33.